The Morgan fingerprint density at radius 2 is 1.35 bits per heavy atom. The maximum absolute atomic E-state index is 10.4. The van der Waals surface area contributed by atoms with Crippen molar-refractivity contribution in [2.75, 3.05) is 0 Å². The molecule has 1 heterocycles. The average Bonchev–Trinajstić information content (AvgIpc) is 2.90. The maximum atomic E-state index is 10.4. The summed E-state index contributed by atoms with van der Waals surface area (Å²) in [7, 11) is 0. The monoisotopic (exact) mass is 293 g/mol. The molecule has 0 aliphatic carbocycles. The van der Waals surface area contributed by atoms with Gasteiger partial charge < -0.3 is 15.9 Å². The fourth-order valence-corrected chi connectivity index (χ4v) is 2.03. The lowest BCUT2D eigenvalue weighted by atomic mass is 10.2. The third-order valence-corrected chi connectivity index (χ3v) is 2.92. The normalized spacial score (nSPS) is 9.20. The first-order chi connectivity index (χ1) is 9.43. The Balaban J connectivity index is 0.000000204. The summed E-state index contributed by atoms with van der Waals surface area (Å²) in [5.41, 5.74) is 5.23. The van der Waals surface area contributed by atoms with E-state index in [-0.39, 0.29) is 17.0 Å². The zero-order valence-corrected chi connectivity index (χ0v) is 11.0. The van der Waals surface area contributed by atoms with Crippen molar-refractivity contribution >= 4 is 29.2 Å². The van der Waals surface area contributed by atoms with Crippen molar-refractivity contribution in [3.8, 4) is 0 Å². The highest BCUT2D eigenvalue weighted by atomic mass is 32.1. The van der Waals surface area contributed by atoms with Crippen molar-refractivity contribution in [2.24, 2.45) is 5.73 Å². The van der Waals surface area contributed by atoms with Gasteiger partial charge in [0.15, 0.2) is 0 Å². The lowest BCUT2D eigenvalue weighted by Gasteiger charge is -1.90. The van der Waals surface area contributed by atoms with Crippen molar-refractivity contribution in [3.63, 3.8) is 0 Å². The van der Waals surface area contributed by atoms with Crippen LogP contribution < -0.4 is 5.73 Å². The molecule has 0 fully saturated rings. The van der Waals surface area contributed by atoms with Crippen molar-refractivity contribution in [1.29, 1.82) is 0 Å². The molecule has 0 spiro atoms. The van der Waals surface area contributed by atoms with E-state index in [2.05, 4.69) is 0 Å². The van der Waals surface area contributed by atoms with Crippen molar-refractivity contribution in [1.82, 2.24) is 0 Å². The van der Waals surface area contributed by atoms with E-state index in [1.807, 2.05) is 6.07 Å². The van der Waals surface area contributed by atoms with Crippen LogP contribution in [0.1, 0.15) is 31.1 Å². The number of rotatable bonds is 3. The predicted octanol–water partition coefficient (Wildman–Crippen LogP) is 1.93. The molecule has 0 aliphatic rings. The lowest BCUT2D eigenvalue weighted by Crippen LogP contribution is -2.09. The molecule has 104 valence electrons. The summed E-state index contributed by atoms with van der Waals surface area (Å²) in [6.07, 6.45) is 0. The second-order valence-electron chi connectivity index (χ2n) is 3.54. The zero-order chi connectivity index (χ0) is 15.1. The number of nitrogens with two attached hydrogens (primary N) is 1. The van der Waals surface area contributed by atoms with Crippen molar-refractivity contribution in [2.45, 2.75) is 0 Å². The molecule has 0 aliphatic heterocycles. The van der Waals surface area contributed by atoms with Crippen LogP contribution >= 0.6 is 11.3 Å². The van der Waals surface area contributed by atoms with Gasteiger partial charge in [-0.05, 0) is 12.1 Å². The molecule has 0 saturated carbocycles. The standard InChI is InChI=1S/C7H7NO.C6H4O4S/c8-7(9)6-4-2-1-3-5-6;7-5(8)3-1-11-2-4(3)6(9)10/h1-5H,(H2,8,9);1-2H,(H,7,8)(H,9,10). The minimum Gasteiger partial charge on any atom is -0.478 e. The van der Waals surface area contributed by atoms with Crippen LogP contribution in [0.5, 0.6) is 0 Å². The highest BCUT2D eigenvalue weighted by Crippen LogP contribution is 2.14. The van der Waals surface area contributed by atoms with Gasteiger partial charge in [-0.15, -0.1) is 0 Å². The highest BCUT2D eigenvalue weighted by Gasteiger charge is 2.15. The van der Waals surface area contributed by atoms with Gasteiger partial charge in [-0.3, -0.25) is 4.79 Å². The van der Waals surface area contributed by atoms with Crippen LogP contribution in [-0.4, -0.2) is 28.1 Å². The second kappa shape index (κ2) is 7.05. The summed E-state index contributed by atoms with van der Waals surface area (Å²) in [6, 6.07) is 8.76. The van der Waals surface area contributed by atoms with Crippen molar-refractivity contribution < 1.29 is 24.6 Å². The Labute approximate surface area is 118 Å². The molecule has 4 N–H and O–H groups in total. The number of carboxylic acid groups (broad SMARTS) is 2. The Kier molecular flexibility index (Phi) is 5.42. The van der Waals surface area contributed by atoms with Gasteiger partial charge in [-0.1, -0.05) is 18.2 Å². The number of carbonyl (C=O) groups excluding carboxylic acids is 1. The van der Waals surface area contributed by atoms with E-state index in [1.165, 1.54) is 10.8 Å². The van der Waals surface area contributed by atoms with E-state index in [0.717, 1.165) is 11.3 Å². The number of carbonyl (C=O) groups is 3. The number of amides is 1. The summed E-state index contributed by atoms with van der Waals surface area (Å²) < 4.78 is 0. The number of thiophene rings is 1. The first kappa shape index (κ1) is 15.4. The van der Waals surface area contributed by atoms with Gasteiger partial charge in [0.2, 0.25) is 5.91 Å². The van der Waals surface area contributed by atoms with E-state index < -0.39 is 11.9 Å². The van der Waals surface area contributed by atoms with Crippen LogP contribution in [0.3, 0.4) is 0 Å². The topological polar surface area (TPSA) is 118 Å². The molecule has 7 heteroatoms. The number of benzene rings is 1. The SMILES string of the molecule is NC(=O)c1ccccc1.O=C(O)c1cscc1C(=O)O. The Morgan fingerprint density at radius 1 is 0.900 bits per heavy atom. The first-order valence-corrected chi connectivity index (χ1v) is 6.25. The quantitative estimate of drug-likeness (QED) is 0.799. The number of carboxylic acids is 2. The van der Waals surface area contributed by atoms with E-state index in [4.69, 9.17) is 15.9 Å². The Morgan fingerprint density at radius 3 is 1.65 bits per heavy atom. The lowest BCUT2D eigenvalue weighted by molar-refractivity contribution is 0.0653. The molecule has 0 unspecified atom stereocenters. The van der Waals surface area contributed by atoms with E-state index in [0.29, 0.717) is 5.56 Å². The van der Waals surface area contributed by atoms with Gasteiger partial charge in [0.05, 0.1) is 11.1 Å². The van der Waals surface area contributed by atoms with Crippen LogP contribution in [0.4, 0.5) is 0 Å². The number of aromatic carboxylic acids is 2. The minimum atomic E-state index is -1.20. The van der Waals surface area contributed by atoms with Crippen LogP contribution in [0, 0.1) is 0 Å². The average molecular weight is 293 g/mol. The molecule has 0 bridgehead atoms. The van der Waals surface area contributed by atoms with Gasteiger partial charge in [0, 0.05) is 16.3 Å². The van der Waals surface area contributed by atoms with E-state index in [1.54, 1.807) is 24.3 Å². The molecule has 2 aromatic rings. The highest BCUT2D eigenvalue weighted by molar-refractivity contribution is 7.08. The third kappa shape index (κ3) is 4.21. The summed E-state index contributed by atoms with van der Waals surface area (Å²) >= 11 is 1.06. The van der Waals surface area contributed by atoms with Crippen LogP contribution in [0.2, 0.25) is 0 Å². The molecular formula is C13H11NO5S. The molecule has 6 nitrogen and oxygen atoms in total. The Hall–Kier alpha value is -2.67. The number of hydrogen-bond acceptors (Lipinski definition) is 4. The van der Waals surface area contributed by atoms with E-state index >= 15 is 0 Å². The third-order valence-electron chi connectivity index (χ3n) is 2.18. The van der Waals surface area contributed by atoms with Crippen molar-refractivity contribution in [3.05, 3.63) is 57.8 Å². The smallest absolute Gasteiger partial charge is 0.337 e. The first-order valence-electron chi connectivity index (χ1n) is 5.31. The molecule has 0 radical (unpaired) electrons. The molecule has 20 heavy (non-hydrogen) atoms. The maximum Gasteiger partial charge on any atom is 0.337 e. The fraction of sp³-hybridized carbons (Fsp3) is 0. The van der Waals surface area contributed by atoms with Crippen LogP contribution in [0.25, 0.3) is 0 Å². The van der Waals surface area contributed by atoms with Gasteiger partial charge in [0.25, 0.3) is 0 Å². The largest absolute Gasteiger partial charge is 0.478 e. The number of primary amides is 1. The summed E-state index contributed by atoms with van der Waals surface area (Å²) in [6.45, 7) is 0. The van der Waals surface area contributed by atoms with Gasteiger partial charge in [0.1, 0.15) is 0 Å². The predicted molar refractivity (Wildman–Crippen MR) is 73.2 cm³/mol. The molecule has 1 aromatic carbocycles. The van der Waals surface area contributed by atoms with Gasteiger partial charge in [-0.2, -0.15) is 11.3 Å². The summed E-state index contributed by atoms with van der Waals surface area (Å²) in [5, 5.41) is 19.5. The molecule has 0 atom stereocenters. The zero-order valence-electron chi connectivity index (χ0n) is 10.1. The van der Waals surface area contributed by atoms with Crippen LogP contribution in [-0.2, 0) is 0 Å². The van der Waals surface area contributed by atoms with E-state index in [9.17, 15) is 14.4 Å². The van der Waals surface area contributed by atoms with Gasteiger partial charge in [-0.25, -0.2) is 9.59 Å². The Bertz CT molecular complexity index is 592. The molecular weight excluding hydrogens is 282 g/mol. The molecule has 1 amide bonds. The molecule has 0 saturated heterocycles. The van der Waals surface area contributed by atoms with Crippen LogP contribution in [0.15, 0.2) is 41.1 Å². The minimum absolute atomic E-state index is 0.150. The summed E-state index contributed by atoms with van der Waals surface area (Å²) in [5.74, 6) is -2.79. The molecule has 2 rings (SSSR count). The fourth-order valence-electron chi connectivity index (χ4n) is 1.23. The second-order valence-corrected chi connectivity index (χ2v) is 4.28. The van der Waals surface area contributed by atoms with Gasteiger partial charge >= 0.3 is 11.9 Å². The number of hydrogen-bond donors (Lipinski definition) is 3. The summed E-state index contributed by atoms with van der Waals surface area (Å²) in [4.78, 5) is 31.1. The molecule has 1 aromatic heterocycles.